The minimum Gasteiger partial charge on any atom is -0.383 e. The zero-order valence-corrected chi connectivity index (χ0v) is 12.6. The molecule has 0 aliphatic rings. The highest BCUT2D eigenvalue weighted by atomic mass is 79.9. The Labute approximate surface area is 120 Å². The standard InChI is InChI=1S/C13H18BrFN2O2/c1-9(8-19-2)17-13(18)7-16-6-10-5-11(14)3-4-12(10)15/h3-5,9,16H,6-8H2,1-2H3,(H,17,18). The van der Waals surface area contributed by atoms with Crippen LogP contribution in [-0.2, 0) is 16.1 Å². The molecule has 19 heavy (non-hydrogen) atoms. The predicted molar refractivity (Wildman–Crippen MR) is 75.3 cm³/mol. The van der Waals surface area contributed by atoms with E-state index in [1.54, 1.807) is 19.2 Å². The van der Waals surface area contributed by atoms with Crippen molar-refractivity contribution in [1.82, 2.24) is 10.6 Å². The molecule has 1 unspecified atom stereocenters. The summed E-state index contributed by atoms with van der Waals surface area (Å²) in [5.74, 6) is -0.427. The average molecular weight is 333 g/mol. The molecule has 0 saturated carbocycles. The zero-order chi connectivity index (χ0) is 14.3. The second kappa shape index (κ2) is 8.24. The van der Waals surface area contributed by atoms with E-state index in [9.17, 15) is 9.18 Å². The molecule has 0 fully saturated rings. The maximum absolute atomic E-state index is 13.4. The SMILES string of the molecule is COCC(C)NC(=O)CNCc1cc(Br)ccc1F. The molecule has 6 heteroatoms. The van der Waals surface area contributed by atoms with Crippen LogP contribution < -0.4 is 10.6 Å². The molecule has 0 heterocycles. The first-order valence-electron chi connectivity index (χ1n) is 5.96. The zero-order valence-electron chi connectivity index (χ0n) is 11.0. The van der Waals surface area contributed by atoms with Gasteiger partial charge in [-0.25, -0.2) is 4.39 Å². The minimum absolute atomic E-state index is 0.0399. The molecule has 0 saturated heterocycles. The summed E-state index contributed by atoms with van der Waals surface area (Å²) in [7, 11) is 1.58. The Morgan fingerprint density at radius 1 is 1.53 bits per heavy atom. The fourth-order valence-corrected chi connectivity index (χ4v) is 2.02. The van der Waals surface area contributed by atoms with Crippen molar-refractivity contribution in [3.8, 4) is 0 Å². The number of methoxy groups -OCH3 is 1. The van der Waals surface area contributed by atoms with Gasteiger partial charge in [-0.2, -0.15) is 0 Å². The van der Waals surface area contributed by atoms with E-state index in [2.05, 4.69) is 26.6 Å². The number of ether oxygens (including phenoxy) is 1. The van der Waals surface area contributed by atoms with E-state index in [-0.39, 0.29) is 24.3 Å². The van der Waals surface area contributed by atoms with Gasteiger partial charge in [-0.05, 0) is 25.1 Å². The largest absolute Gasteiger partial charge is 0.383 e. The molecule has 1 aromatic carbocycles. The van der Waals surface area contributed by atoms with Gasteiger partial charge in [-0.15, -0.1) is 0 Å². The van der Waals surface area contributed by atoms with Crippen molar-refractivity contribution in [3.63, 3.8) is 0 Å². The van der Waals surface area contributed by atoms with Crippen LogP contribution in [0.1, 0.15) is 12.5 Å². The summed E-state index contributed by atoms with van der Waals surface area (Å²) >= 11 is 3.28. The summed E-state index contributed by atoms with van der Waals surface area (Å²) in [6.07, 6.45) is 0. The summed E-state index contributed by atoms with van der Waals surface area (Å²) in [5, 5.41) is 5.67. The van der Waals surface area contributed by atoms with Gasteiger partial charge in [0.15, 0.2) is 0 Å². The quantitative estimate of drug-likeness (QED) is 0.800. The molecule has 1 atom stereocenters. The van der Waals surface area contributed by atoms with Gasteiger partial charge in [0.25, 0.3) is 0 Å². The highest BCUT2D eigenvalue weighted by Gasteiger charge is 2.07. The number of halogens is 2. The monoisotopic (exact) mass is 332 g/mol. The van der Waals surface area contributed by atoms with Crippen LogP contribution in [0.15, 0.2) is 22.7 Å². The molecule has 1 rings (SSSR count). The Bertz CT molecular complexity index is 429. The van der Waals surface area contributed by atoms with E-state index in [1.807, 2.05) is 6.92 Å². The third-order valence-corrected chi connectivity index (χ3v) is 2.93. The van der Waals surface area contributed by atoms with Crippen LogP contribution >= 0.6 is 15.9 Å². The first-order chi connectivity index (χ1) is 9.02. The summed E-state index contributed by atoms with van der Waals surface area (Å²) in [6, 6.07) is 4.68. The third kappa shape index (κ3) is 6.13. The van der Waals surface area contributed by atoms with Crippen LogP contribution in [0.3, 0.4) is 0 Å². The first kappa shape index (κ1) is 16.1. The topological polar surface area (TPSA) is 50.4 Å². The highest BCUT2D eigenvalue weighted by molar-refractivity contribution is 9.10. The molecule has 0 radical (unpaired) electrons. The molecule has 2 N–H and O–H groups in total. The number of amides is 1. The lowest BCUT2D eigenvalue weighted by Gasteiger charge is -2.13. The number of carbonyl (C=O) groups excluding carboxylic acids is 1. The van der Waals surface area contributed by atoms with Gasteiger partial charge in [-0.1, -0.05) is 15.9 Å². The number of carbonyl (C=O) groups is 1. The summed E-state index contributed by atoms with van der Waals surface area (Å²) < 4.78 is 19.2. The van der Waals surface area contributed by atoms with E-state index < -0.39 is 0 Å². The van der Waals surface area contributed by atoms with Crippen molar-refractivity contribution in [1.29, 1.82) is 0 Å². The van der Waals surface area contributed by atoms with Gasteiger partial charge in [0, 0.05) is 29.7 Å². The third-order valence-electron chi connectivity index (χ3n) is 2.43. The maximum Gasteiger partial charge on any atom is 0.234 e. The molecule has 1 amide bonds. The van der Waals surface area contributed by atoms with Gasteiger partial charge < -0.3 is 15.4 Å². The van der Waals surface area contributed by atoms with Gasteiger partial charge in [0.1, 0.15) is 5.82 Å². The van der Waals surface area contributed by atoms with E-state index in [1.165, 1.54) is 6.07 Å². The second-order valence-electron chi connectivity index (χ2n) is 4.26. The fourth-order valence-electron chi connectivity index (χ4n) is 1.61. The first-order valence-corrected chi connectivity index (χ1v) is 6.75. The van der Waals surface area contributed by atoms with Crippen LogP contribution in [0.5, 0.6) is 0 Å². The van der Waals surface area contributed by atoms with Crippen molar-refractivity contribution in [3.05, 3.63) is 34.1 Å². The molecule has 1 aromatic rings. The van der Waals surface area contributed by atoms with Gasteiger partial charge in [0.2, 0.25) is 5.91 Å². The summed E-state index contributed by atoms with van der Waals surface area (Å²) in [5.41, 5.74) is 0.520. The lowest BCUT2D eigenvalue weighted by molar-refractivity contribution is -0.121. The fraction of sp³-hybridized carbons (Fsp3) is 0.462. The molecule has 0 spiro atoms. The summed E-state index contributed by atoms with van der Waals surface area (Å²) in [4.78, 5) is 11.5. The lowest BCUT2D eigenvalue weighted by Crippen LogP contribution is -2.40. The van der Waals surface area contributed by atoms with Crippen LogP contribution in [0, 0.1) is 5.82 Å². The molecule has 106 valence electrons. The van der Waals surface area contributed by atoms with E-state index in [4.69, 9.17) is 4.74 Å². The number of benzene rings is 1. The van der Waals surface area contributed by atoms with Crippen molar-refractivity contribution >= 4 is 21.8 Å². The minimum atomic E-state index is -0.288. The number of hydrogen-bond acceptors (Lipinski definition) is 3. The van der Waals surface area contributed by atoms with E-state index >= 15 is 0 Å². The Kier molecular flexibility index (Phi) is 6.97. The number of hydrogen-bond donors (Lipinski definition) is 2. The van der Waals surface area contributed by atoms with Crippen molar-refractivity contribution < 1.29 is 13.9 Å². The van der Waals surface area contributed by atoms with Crippen LogP contribution in [0.25, 0.3) is 0 Å². The normalized spacial score (nSPS) is 12.2. The average Bonchev–Trinajstić information content (AvgIpc) is 2.33. The Morgan fingerprint density at radius 3 is 2.95 bits per heavy atom. The molecule has 0 aliphatic carbocycles. The van der Waals surface area contributed by atoms with Crippen molar-refractivity contribution in [2.75, 3.05) is 20.3 Å². The van der Waals surface area contributed by atoms with Crippen LogP contribution in [-0.4, -0.2) is 32.2 Å². The molecule has 0 bridgehead atoms. The smallest absolute Gasteiger partial charge is 0.234 e. The number of rotatable bonds is 7. The number of nitrogens with one attached hydrogen (secondary N) is 2. The van der Waals surface area contributed by atoms with Crippen molar-refractivity contribution in [2.45, 2.75) is 19.5 Å². The van der Waals surface area contributed by atoms with Crippen molar-refractivity contribution in [2.24, 2.45) is 0 Å². The molecular weight excluding hydrogens is 315 g/mol. The van der Waals surface area contributed by atoms with Crippen LogP contribution in [0.4, 0.5) is 4.39 Å². The summed E-state index contributed by atoms with van der Waals surface area (Å²) in [6.45, 7) is 2.76. The van der Waals surface area contributed by atoms with E-state index in [0.717, 1.165) is 4.47 Å². The Morgan fingerprint density at radius 2 is 2.26 bits per heavy atom. The highest BCUT2D eigenvalue weighted by Crippen LogP contribution is 2.15. The Hall–Kier alpha value is -0.980. The lowest BCUT2D eigenvalue weighted by atomic mass is 10.2. The molecule has 4 nitrogen and oxygen atoms in total. The van der Waals surface area contributed by atoms with Gasteiger partial charge in [0.05, 0.1) is 13.2 Å². The second-order valence-corrected chi connectivity index (χ2v) is 5.18. The molecular formula is C13H18BrFN2O2. The van der Waals surface area contributed by atoms with E-state index in [0.29, 0.717) is 18.7 Å². The predicted octanol–water partition coefficient (Wildman–Crippen LogP) is 1.83. The van der Waals surface area contributed by atoms with Gasteiger partial charge in [-0.3, -0.25) is 4.79 Å². The van der Waals surface area contributed by atoms with Crippen LogP contribution in [0.2, 0.25) is 0 Å². The Balaban J connectivity index is 2.33. The van der Waals surface area contributed by atoms with Gasteiger partial charge >= 0.3 is 0 Å². The maximum atomic E-state index is 13.4. The molecule has 0 aliphatic heterocycles. The molecule has 0 aromatic heterocycles.